The average Bonchev–Trinajstić information content (AvgIpc) is 2.54. The number of benzene rings is 1. The molecule has 1 aromatic carbocycles. The third-order valence-electron chi connectivity index (χ3n) is 3.93. The number of hydrogen-bond acceptors (Lipinski definition) is 6. The van der Waals surface area contributed by atoms with Crippen LogP contribution in [0, 0.1) is 0 Å². The molecule has 0 saturated heterocycles. The summed E-state index contributed by atoms with van der Waals surface area (Å²) in [4.78, 5) is 8.21. The number of hydrogen-bond donors (Lipinski definition) is 3. The SMILES string of the molecule is Cl.Nc1ncc(Oc2ccc(Cl)cc2Cl)c(NC2CCC(O)CC2)n1. The predicted molar refractivity (Wildman–Crippen MR) is 102 cm³/mol. The van der Waals surface area contributed by atoms with Crippen LogP contribution in [0.25, 0.3) is 0 Å². The summed E-state index contributed by atoms with van der Waals surface area (Å²) in [6, 6.07) is 5.18. The molecule has 25 heavy (non-hydrogen) atoms. The molecule has 0 aliphatic heterocycles. The van der Waals surface area contributed by atoms with Crippen LogP contribution in [0.2, 0.25) is 10.0 Å². The molecular weight excluding hydrogens is 387 g/mol. The van der Waals surface area contributed by atoms with Crippen LogP contribution in [0.5, 0.6) is 11.5 Å². The highest BCUT2D eigenvalue weighted by Gasteiger charge is 2.21. The molecule has 1 aliphatic rings. The molecule has 0 bridgehead atoms. The number of nitrogens with two attached hydrogens (primary N) is 1. The molecule has 0 atom stereocenters. The number of ether oxygens (including phenoxy) is 1. The first-order valence-corrected chi connectivity index (χ1v) is 8.47. The lowest BCUT2D eigenvalue weighted by Crippen LogP contribution is -2.28. The monoisotopic (exact) mass is 404 g/mol. The maximum Gasteiger partial charge on any atom is 0.222 e. The van der Waals surface area contributed by atoms with Crippen LogP contribution in [0.1, 0.15) is 25.7 Å². The molecule has 9 heteroatoms. The minimum Gasteiger partial charge on any atom is -0.450 e. The van der Waals surface area contributed by atoms with Crippen LogP contribution >= 0.6 is 35.6 Å². The minimum atomic E-state index is -0.220. The highest BCUT2D eigenvalue weighted by atomic mass is 35.5. The Morgan fingerprint density at radius 2 is 1.88 bits per heavy atom. The number of rotatable bonds is 4. The van der Waals surface area contributed by atoms with Crippen molar-refractivity contribution in [1.82, 2.24) is 9.97 Å². The Morgan fingerprint density at radius 3 is 2.56 bits per heavy atom. The van der Waals surface area contributed by atoms with Crippen LogP contribution < -0.4 is 15.8 Å². The van der Waals surface area contributed by atoms with Gasteiger partial charge in [0.05, 0.1) is 17.3 Å². The summed E-state index contributed by atoms with van der Waals surface area (Å²) in [5.41, 5.74) is 5.70. The van der Waals surface area contributed by atoms with Gasteiger partial charge in [-0.3, -0.25) is 0 Å². The van der Waals surface area contributed by atoms with E-state index in [1.165, 1.54) is 6.20 Å². The number of nitrogen functional groups attached to an aromatic ring is 1. The molecule has 0 spiro atoms. The van der Waals surface area contributed by atoms with Gasteiger partial charge in [-0.15, -0.1) is 12.4 Å². The third-order valence-corrected chi connectivity index (χ3v) is 4.46. The molecule has 1 aromatic heterocycles. The van der Waals surface area contributed by atoms with E-state index in [1.807, 2.05) is 0 Å². The maximum absolute atomic E-state index is 9.62. The van der Waals surface area contributed by atoms with Crippen molar-refractivity contribution in [2.75, 3.05) is 11.1 Å². The lowest BCUT2D eigenvalue weighted by atomic mass is 9.93. The largest absolute Gasteiger partial charge is 0.450 e. The molecule has 4 N–H and O–H groups in total. The normalized spacial score (nSPS) is 19.8. The van der Waals surface area contributed by atoms with Gasteiger partial charge in [0.2, 0.25) is 5.95 Å². The fourth-order valence-corrected chi connectivity index (χ4v) is 3.10. The van der Waals surface area contributed by atoms with E-state index in [0.29, 0.717) is 27.4 Å². The van der Waals surface area contributed by atoms with E-state index < -0.39 is 0 Å². The molecule has 2 aromatic rings. The highest BCUT2D eigenvalue weighted by Crippen LogP contribution is 2.35. The standard InChI is InChI=1S/C16H18Cl2N4O2.ClH/c17-9-1-6-13(12(18)7-9)24-14-8-20-16(19)22-15(14)21-10-2-4-11(23)5-3-10;/h1,6-8,10-11,23H,2-5H2,(H3,19,20,21,22);1H. The van der Waals surface area contributed by atoms with Crippen molar-refractivity contribution in [3.8, 4) is 11.5 Å². The van der Waals surface area contributed by atoms with E-state index in [9.17, 15) is 5.11 Å². The second-order valence-electron chi connectivity index (χ2n) is 5.77. The van der Waals surface area contributed by atoms with Crippen molar-refractivity contribution in [2.45, 2.75) is 37.8 Å². The summed E-state index contributed by atoms with van der Waals surface area (Å²) in [7, 11) is 0. The lowest BCUT2D eigenvalue weighted by Gasteiger charge is -2.27. The first-order chi connectivity index (χ1) is 11.5. The number of aliphatic hydroxyl groups excluding tert-OH is 1. The van der Waals surface area contributed by atoms with Crippen molar-refractivity contribution in [3.05, 3.63) is 34.4 Å². The molecule has 1 fully saturated rings. The number of aliphatic hydroxyl groups is 1. The summed E-state index contributed by atoms with van der Waals surface area (Å²) in [6.07, 6.45) is 4.52. The average molecular weight is 406 g/mol. The van der Waals surface area contributed by atoms with Crippen LogP contribution in [-0.4, -0.2) is 27.2 Å². The Kier molecular flexibility index (Phi) is 6.95. The first-order valence-electron chi connectivity index (χ1n) is 7.71. The van der Waals surface area contributed by atoms with Gasteiger partial charge in [0.15, 0.2) is 11.6 Å². The Hall–Kier alpha value is -1.47. The minimum absolute atomic E-state index is 0. The molecule has 0 unspecified atom stereocenters. The quantitative estimate of drug-likeness (QED) is 0.702. The van der Waals surface area contributed by atoms with E-state index >= 15 is 0 Å². The molecule has 136 valence electrons. The maximum atomic E-state index is 9.62. The van der Waals surface area contributed by atoms with Gasteiger partial charge in [-0.25, -0.2) is 4.98 Å². The van der Waals surface area contributed by atoms with Crippen LogP contribution in [-0.2, 0) is 0 Å². The molecule has 0 amide bonds. The number of nitrogens with one attached hydrogen (secondary N) is 1. The highest BCUT2D eigenvalue weighted by molar-refractivity contribution is 6.35. The van der Waals surface area contributed by atoms with E-state index in [2.05, 4.69) is 15.3 Å². The summed E-state index contributed by atoms with van der Waals surface area (Å²) in [5.74, 6) is 1.55. The van der Waals surface area contributed by atoms with Gasteiger partial charge >= 0.3 is 0 Å². The van der Waals surface area contributed by atoms with Crippen molar-refractivity contribution >= 4 is 47.4 Å². The fraction of sp³-hybridized carbons (Fsp3) is 0.375. The molecule has 1 aliphatic carbocycles. The number of nitrogens with zero attached hydrogens (tertiary/aromatic N) is 2. The summed E-state index contributed by atoms with van der Waals surface area (Å²) >= 11 is 12.0. The Bertz CT molecular complexity index is 725. The zero-order valence-corrected chi connectivity index (χ0v) is 15.6. The summed E-state index contributed by atoms with van der Waals surface area (Å²) < 4.78 is 5.83. The van der Waals surface area contributed by atoms with Crippen LogP contribution in [0.15, 0.2) is 24.4 Å². The molecule has 1 saturated carbocycles. The smallest absolute Gasteiger partial charge is 0.222 e. The number of aromatic nitrogens is 2. The Labute approximate surface area is 162 Å². The van der Waals surface area contributed by atoms with E-state index in [4.69, 9.17) is 33.7 Å². The van der Waals surface area contributed by atoms with Crippen LogP contribution in [0.3, 0.4) is 0 Å². The molecule has 0 radical (unpaired) electrons. The van der Waals surface area contributed by atoms with Crippen molar-refractivity contribution in [1.29, 1.82) is 0 Å². The van der Waals surface area contributed by atoms with Gasteiger partial charge in [-0.2, -0.15) is 4.98 Å². The van der Waals surface area contributed by atoms with Gasteiger partial charge in [0.25, 0.3) is 0 Å². The van der Waals surface area contributed by atoms with E-state index in [-0.39, 0.29) is 30.5 Å². The van der Waals surface area contributed by atoms with Gasteiger partial charge in [0, 0.05) is 11.1 Å². The Morgan fingerprint density at radius 1 is 1.16 bits per heavy atom. The third kappa shape index (κ3) is 5.25. The summed E-state index contributed by atoms with van der Waals surface area (Å²) in [6.45, 7) is 0. The molecule has 3 rings (SSSR count). The number of anilines is 2. The van der Waals surface area contributed by atoms with Crippen LogP contribution in [0.4, 0.5) is 11.8 Å². The van der Waals surface area contributed by atoms with Crippen molar-refractivity contribution in [2.24, 2.45) is 0 Å². The van der Waals surface area contributed by atoms with Gasteiger partial charge in [0.1, 0.15) is 5.75 Å². The van der Waals surface area contributed by atoms with E-state index in [0.717, 1.165) is 25.7 Å². The van der Waals surface area contributed by atoms with E-state index in [1.54, 1.807) is 18.2 Å². The Balaban J connectivity index is 0.00000225. The number of halogens is 3. The second kappa shape index (κ2) is 8.76. The molecule has 1 heterocycles. The van der Waals surface area contributed by atoms with Gasteiger partial charge < -0.3 is 20.9 Å². The molecular formula is C16H19Cl3N4O2. The van der Waals surface area contributed by atoms with Crippen molar-refractivity contribution < 1.29 is 9.84 Å². The topological polar surface area (TPSA) is 93.3 Å². The van der Waals surface area contributed by atoms with Crippen molar-refractivity contribution in [3.63, 3.8) is 0 Å². The second-order valence-corrected chi connectivity index (χ2v) is 6.61. The summed E-state index contributed by atoms with van der Waals surface area (Å²) in [5, 5.41) is 13.9. The zero-order chi connectivity index (χ0) is 17.1. The fourth-order valence-electron chi connectivity index (χ4n) is 2.65. The zero-order valence-electron chi connectivity index (χ0n) is 13.3. The lowest BCUT2D eigenvalue weighted by molar-refractivity contribution is 0.126. The molecule has 6 nitrogen and oxygen atoms in total. The predicted octanol–water partition coefficient (Wildman–Crippen LogP) is 4.30. The van der Waals surface area contributed by atoms with Gasteiger partial charge in [-0.1, -0.05) is 23.2 Å². The van der Waals surface area contributed by atoms with Gasteiger partial charge in [-0.05, 0) is 43.9 Å². The first kappa shape index (κ1) is 19.8.